The second-order valence-electron chi connectivity index (χ2n) is 6.62. The lowest BCUT2D eigenvalue weighted by Crippen LogP contribution is -2.69. The molecule has 32 heavy (non-hydrogen) atoms. The topological polar surface area (TPSA) is 128 Å². The molecule has 0 bridgehead atoms. The Hall–Kier alpha value is -1.83. The number of nitrogens with zero attached hydrogens (tertiary/aromatic N) is 1. The first-order chi connectivity index (χ1) is 19.8. The van der Waals surface area contributed by atoms with Gasteiger partial charge in [-0.3, -0.25) is 9.59 Å². The van der Waals surface area contributed by atoms with Gasteiger partial charge in [-0.05, 0) is 0 Å². The maximum absolute atomic E-state index is 13.3. The summed E-state index contributed by atoms with van der Waals surface area (Å²) in [4.78, 5) is 37.7. The second kappa shape index (κ2) is 13.0. The van der Waals surface area contributed by atoms with Gasteiger partial charge in [-0.1, -0.05) is 0 Å². The van der Waals surface area contributed by atoms with Crippen LogP contribution in [0.15, 0.2) is 0 Å². The quantitative estimate of drug-likeness (QED) is 0.333. The first-order valence-corrected chi connectivity index (χ1v) is 9.10. The molecular weight excluding hydrogens is 430 g/mol. The SMILES string of the molecule is [2H]C([2H])([2H])O[C@@H]([C@@H]1OC(OC)(C(=O)OC)C[C@H](OC([2H])([2H])[2H])[C@H]1N(C(=O)COC(C)=O)C([2H])([2H])[2H])[C@@H](COC)OC([2H])([2H])[2H]. The summed E-state index contributed by atoms with van der Waals surface area (Å²) in [6.45, 7) is -4.58. The molecule has 12 heteroatoms. The van der Waals surface area contributed by atoms with Crippen molar-refractivity contribution in [3.63, 3.8) is 0 Å². The van der Waals surface area contributed by atoms with Gasteiger partial charge in [0.1, 0.15) is 18.3 Å². The number of likely N-dealkylation sites (N-methyl/N-ethyl adjacent to an activating group) is 1. The third-order valence-electron chi connectivity index (χ3n) is 4.77. The van der Waals surface area contributed by atoms with Gasteiger partial charge in [0.15, 0.2) is 6.61 Å². The summed E-state index contributed by atoms with van der Waals surface area (Å²) in [5.74, 6) is -6.50. The van der Waals surface area contributed by atoms with E-state index in [1.807, 2.05) is 0 Å². The summed E-state index contributed by atoms with van der Waals surface area (Å²) in [7, 11) is -7.21. The normalized spacial score (nSPS) is 34.4. The molecule has 1 aliphatic rings. The van der Waals surface area contributed by atoms with Gasteiger partial charge in [-0.15, -0.1) is 0 Å². The maximum atomic E-state index is 13.3. The molecule has 0 aliphatic carbocycles. The minimum Gasteiger partial charge on any atom is -0.465 e. The molecule has 186 valence electrons. The lowest BCUT2D eigenvalue weighted by Gasteiger charge is -2.50. The standard InChI is InChI=1S/C20H35NO11/c1-12(22)31-11-15(23)21(2)16-13(26-4)9-20(30-8,19(24)29-7)32-18(16)17(28-6)14(27-5)10-25-3/h13-14,16-18H,9-11H2,1-8H3/t13-,14+,16+,17+,18+,20?/m0/s1/i2D3,4D3,5D3,6D3. The van der Waals surface area contributed by atoms with Gasteiger partial charge in [0.05, 0.1) is 38.2 Å². The molecule has 1 aliphatic heterocycles. The van der Waals surface area contributed by atoms with Crippen molar-refractivity contribution in [3.05, 3.63) is 0 Å². The van der Waals surface area contributed by atoms with Crippen LogP contribution in [0.5, 0.6) is 0 Å². The summed E-state index contributed by atoms with van der Waals surface area (Å²) < 4.78 is 134. The molecule has 1 amide bonds. The summed E-state index contributed by atoms with van der Waals surface area (Å²) >= 11 is 0. The average Bonchev–Trinajstić information content (AvgIpc) is 2.83. The van der Waals surface area contributed by atoms with Gasteiger partial charge >= 0.3 is 11.9 Å². The summed E-state index contributed by atoms with van der Waals surface area (Å²) in [6.07, 6.45) is -9.67. The number of rotatable bonds is 12. The minimum atomic E-state index is -3.52. The van der Waals surface area contributed by atoms with Crippen LogP contribution < -0.4 is 0 Å². The zero-order chi connectivity index (χ0) is 34.5. The van der Waals surface area contributed by atoms with Gasteiger partial charge in [-0.2, -0.15) is 0 Å². The molecule has 0 radical (unpaired) electrons. The van der Waals surface area contributed by atoms with Crippen LogP contribution in [0.4, 0.5) is 0 Å². The molecule has 0 saturated carbocycles. The predicted molar refractivity (Wildman–Crippen MR) is 109 cm³/mol. The first-order valence-electron chi connectivity index (χ1n) is 15.1. The number of amides is 1. The van der Waals surface area contributed by atoms with E-state index in [4.69, 9.17) is 49.6 Å². The van der Waals surface area contributed by atoms with Crippen LogP contribution in [0.1, 0.15) is 29.8 Å². The van der Waals surface area contributed by atoms with E-state index in [0.29, 0.717) is 0 Å². The second-order valence-corrected chi connectivity index (χ2v) is 6.62. The Kier molecular flexibility index (Phi) is 5.87. The molecular formula is C20H35NO11. The maximum Gasteiger partial charge on any atom is 0.366 e. The van der Waals surface area contributed by atoms with E-state index < -0.39 is 102 Å². The van der Waals surface area contributed by atoms with Crippen LogP contribution in [0.2, 0.25) is 0 Å². The molecule has 0 N–H and O–H groups in total. The third kappa shape index (κ3) is 6.36. The van der Waals surface area contributed by atoms with Crippen LogP contribution in [-0.2, 0) is 52.3 Å². The van der Waals surface area contributed by atoms with Crippen molar-refractivity contribution in [1.29, 1.82) is 0 Å². The number of carbonyl (C=O) groups excluding carboxylic acids is 3. The highest BCUT2D eigenvalue weighted by Gasteiger charge is 2.58. The summed E-state index contributed by atoms with van der Waals surface area (Å²) in [5.41, 5.74) is 0. The molecule has 1 unspecified atom stereocenters. The largest absolute Gasteiger partial charge is 0.465 e. The zero-order valence-electron chi connectivity index (χ0n) is 29.9. The van der Waals surface area contributed by atoms with E-state index >= 15 is 0 Å². The van der Waals surface area contributed by atoms with Crippen molar-refractivity contribution in [3.8, 4) is 0 Å². The highest BCUT2D eigenvalue weighted by atomic mass is 16.7. The predicted octanol–water partition coefficient (Wildman–Crippen LogP) is -0.627. The Morgan fingerprint density at radius 1 is 1.19 bits per heavy atom. The van der Waals surface area contributed by atoms with Crippen LogP contribution in [-0.4, -0.2) is 122 Å². The van der Waals surface area contributed by atoms with E-state index in [0.717, 1.165) is 28.3 Å². The molecule has 1 saturated heterocycles. The fraction of sp³-hybridized carbons (Fsp3) is 0.850. The number of methoxy groups -OCH3 is 6. The Morgan fingerprint density at radius 3 is 2.47 bits per heavy atom. The highest BCUT2D eigenvalue weighted by Crippen LogP contribution is 2.37. The first kappa shape index (κ1) is 14.4. The monoisotopic (exact) mass is 477 g/mol. The summed E-state index contributed by atoms with van der Waals surface area (Å²) in [6, 6.07) is -2.24. The molecule has 0 aromatic rings. The number of ether oxygens (including phenoxy) is 8. The Balaban J connectivity index is 4.21. The number of hydrogen-bond acceptors (Lipinski definition) is 11. The molecule has 0 aromatic heterocycles. The highest BCUT2D eigenvalue weighted by molar-refractivity contribution is 5.81. The number of carbonyl (C=O) groups is 3. The minimum absolute atomic E-state index is 0.0168. The lowest BCUT2D eigenvalue weighted by atomic mass is 9.87. The van der Waals surface area contributed by atoms with Crippen molar-refractivity contribution in [2.75, 3.05) is 62.6 Å². The molecule has 12 nitrogen and oxygen atoms in total. The van der Waals surface area contributed by atoms with Crippen molar-refractivity contribution in [2.45, 2.75) is 49.6 Å². The van der Waals surface area contributed by atoms with Crippen molar-refractivity contribution in [1.82, 2.24) is 4.90 Å². The Labute approximate surface area is 205 Å². The Bertz CT molecular complexity index is 988. The van der Waals surface area contributed by atoms with Crippen molar-refractivity contribution < 1.29 is 68.7 Å². The van der Waals surface area contributed by atoms with Gasteiger partial charge in [0.2, 0.25) is 0 Å². The van der Waals surface area contributed by atoms with Crippen LogP contribution >= 0.6 is 0 Å². The van der Waals surface area contributed by atoms with E-state index in [9.17, 15) is 14.4 Å². The molecule has 1 rings (SSSR count). The number of esters is 2. The zero-order valence-corrected chi connectivity index (χ0v) is 17.9. The molecule has 1 heterocycles. The molecule has 6 atom stereocenters. The average molecular weight is 478 g/mol. The van der Waals surface area contributed by atoms with Crippen molar-refractivity contribution >= 4 is 17.8 Å². The third-order valence-corrected chi connectivity index (χ3v) is 4.77. The van der Waals surface area contributed by atoms with Gasteiger partial charge in [0, 0.05) is 59.8 Å². The summed E-state index contributed by atoms with van der Waals surface area (Å²) in [5, 5.41) is 0. The van der Waals surface area contributed by atoms with Crippen LogP contribution in [0.25, 0.3) is 0 Å². The van der Waals surface area contributed by atoms with Crippen LogP contribution in [0, 0.1) is 0 Å². The smallest absolute Gasteiger partial charge is 0.366 e. The molecule has 0 spiro atoms. The fourth-order valence-corrected chi connectivity index (χ4v) is 3.24. The van der Waals surface area contributed by atoms with Crippen LogP contribution in [0.3, 0.4) is 0 Å². The van der Waals surface area contributed by atoms with E-state index in [2.05, 4.69) is 4.74 Å². The number of hydrogen-bond donors (Lipinski definition) is 0. The van der Waals surface area contributed by atoms with Gasteiger partial charge in [-0.25, -0.2) is 4.79 Å². The Morgan fingerprint density at radius 2 is 1.94 bits per heavy atom. The molecule has 0 aromatic carbocycles. The van der Waals surface area contributed by atoms with Gasteiger partial charge < -0.3 is 42.8 Å². The lowest BCUT2D eigenvalue weighted by molar-refractivity contribution is -0.316. The van der Waals surface area contributed by atoms with E-state index in [1.54, 1.807) is 0 Å². The molecule has 1 fully saturated rings. The fourth-order valence-electron chi connectivity index (χ4n) is 3.24. The van der Waals surface area contributed by atoms with Crippen molar-refractivity contribution in [2.24, 2.45) is 0 Å². The van der Waals surface area contributed by atoms with Gasteiger partial charge in [0.25, 0.3) is 11.7 Å². The van der Waals surface area contributed by atoms with E-state index in [-0.39, 0.29) is 4.90 Å². The van der Waals surface area contributed by atoms with E-state index in [1.165, 1.54) is 0 Å².